The van der Waals surface area contributed by atoms with Crippen molar-refractivity contribution in [1.82, 2.24) is 5.06 Å². The van der Waals surface area contributed by atoms with Crippen molar-refractivity contribution in [3.05, 3.63) is 28.7 Å². The molecule has 0 radical (unpaired) electrons. The summed E-state index contributed by atoms with van der Waals surface area (Å²) in [5, 5.41) is 1.92. The topological polar surface area (TPSA) is 21.7 Å². The van der Waals surface area contributed by atoms with E-state index in [-0.39, 0.29) is 0 Å². The van der Waals surface area contributed by atoms with Gasteiger partial charge in [0.25, 0.3) is 0 Å². The zero-order valence-electron chi connectivity index (χ0n) is 7.78. The van der Waals surface area contributed by atoms with E-state index in [4.69, 9.17) is 9.57 Å². The van der Waals surface area contributed by atoms with Crippen molar-refractivity contribution >= 4 is 15.9 Å². The number of hydroxylamine groups is 2. The number of nitrogens with zero attached hydrogens (tertiary/aromatic N) is 1. The standard InChI is InChI=1S/C10H12BrNO2/c11-9-2-1-3-10(8-9)14-12-4-6-13-7-5-12/h1-3,8H,4-7H2. The first-order chi connectivity index (χ1) is 6.84. The van der Waals surface area contributed by atoms with Crippen LogP contribution >= 0.6 is 15.9 Å². The molecule has 1 aliphatic heterocycles. The van der Waals surface area contributed by atoms with E-state index >= 15 is 0 Å². The predicted octanol–water partition coefficient (Wildman–Crippen LogP) is 2.08. The molecule has 0 amide bonds. The summed E-state index contributed by atoms with van der Waals surface area (Å²) in [7, 11) is 0. The molecule has 3 nitrogen and oxygen atoms in total. The molecule has 0 aliphatic carbocycles. The fourth-order valence-electron chi connectivity index (χ4n) is 1.31. The average Bonchev–Trinajstić information content (AvgIpc) is 2.19. The number of hydrogen-bond acceptors (Lipinski definition) is 3. The van der Waals surface area contributed by atoms with Crippen LogP contribution < -0.4 is 4.84 Å². The van der Waals surface area contributed by atoms with E-state index < -0.39 is 0 Å². The summed E-state index contributed by atoms with van der Waals surface area (Å²) in [5.41, 5.74) is 0. The van der Waals surface area contributed by atoms with Crippen LogP contribution in [0.25, 0.3) is 0 Å². The van der Waals surface area contributed by atoms with Crippen LogP contribution in [-0.4, -0.2) is 31.4 Å². The average molecular weight is 258 g/mol. The molecular weight excluding hydrogens is 246 g/mol. The lowest BCUT2D eigenvalue weighted by molar-refractivity contribution is -0.118. The molecule has 1 saturated heterocycles. The van der Waals surface area contributed by atoms with Crippen molar-refractivity contribution in [3.8, 4) is 5.75 Å². The maximum atomic E-state index is 5.66. The third-order valence-electron chi connectivity index (χ3n) is 2.00. The van der Waals surface area contributed by atoms with Crippen molar-refractivity contribution < 1.29 is 9.57 Å². The third kappa shape index (κ3) is 2.70. The highest BCUT2D eigenvalue weighted by atomic mass is 79.9. The van der Waals surface area contributed by atoms with Crippen LogP contribution in [0, 0.1) is 0 Å². The summed E-state index contributed by atoms with van der Waals surface area (Å²) in [6.07, 6.45) is 0. The van der Waals surface area contributed by atoms with Gasteiger partial charge in [-0.15, -0.1) is 5.06 Å². The largest absolute Gasteiger partial charge is 0.406 e. The van der Waals surface area contributed by atoms with Gasteiger partial charge in [0.2, 0.25) is 0 Å². The molecule has 1 aromatic rings. The van der Waals surface area contributed by atoms with Crippen LogP contribution in [0.2, 0.25) is 0 Å². The molecule has 0 bridgehead atoms. The van der Waals surface area contributed by atoms with Crippen molar-refractivity contribution in [2.75, 3.05) is 26.3 Å². The molecular formula is C10H12BrNO2. The third-order valence-corrected chi connectivity index (χ3v) is 2.49. The van der Waals surface area contributed by atoms with Gasteiger partial charge in [0.05, 0.1) is 26.3 Å². The Morgan fingerprint density at radius 1 is 1.29 bits per heavy atom. The Labute approximate surface area is 91.7 Å². The maximum Gasteiger partial charge on any atom is 0.148 e. The summed E-state index contributed by atoms with van der Waals surface area (Å²) < 4.78 is 6.26. The summed E-state index contributed by atoms with van der Waals surface area (Å²) in [5.74, 6) is 0.862. The van der Waals surface area contributed by atoms with Crippen molar-refractivity contribution in [2.24, 2.45) is 0 Å². The second-order valence-electron chi connectivity index (χ2n) is 3.09. The number of rotatable bonds is 2. The van der Waals surface area contributed by atoms with Crippen LogP contribution in [0.15, 0.2) is 28.7 Å². The maximum absolute atomic E-state index is 5.66. The molecule has 14 heavy (non-hydrogen) atoms. The van der Waals surface area contributed by atoms with Gasteiger partial charge in [0.15, 0.2) is 0 Å². The summed E-state index contributed by atoms with van der Waals surface area (Å²) >= 11 is 3.40. The lowest BCUT2D eigenvalue weighted by Crippen LogP contribution is -2.38. The summed E-state index contributed by atoms with van der Waals surface area (Å²) in [4.78, 5) is 5.66. The molecule has 0 atom stereocenters. The van der Waals surface area contributed by atoms with E-state index in [1.807, 2.05) is 29.3 Å². The molecule has 1 heterocycles. The van der Waals surface area contributed by atoms with Gasteiger partial charge < -0.3 is 9.57 Å². The lowest BCUT2D eigenvalue weighted by Gasteiger charge is -2.26. The normalized spacial score (nSPS) is 18.1. The van der Waals surface area contributed by atoms with Crippen LogP contribution in [-0.2, 0) is 4.74 Å². The lowest BCUT2D eigenvalue weighted by atomic mass is 10.3. The van der Waals surface area contributed by atoms with Crippen molar-refractivity contribution in [2.45, 2.75) is 0 Å². The fraction of sp³-hybridized carbons (Fsp3) is 0.400. The molecule has 0 unspecified atom stereocenters. The van der Waals surface area contributed by atoms with E-state index in [0.29, 0.717) is 0 Å². The Kier molecular flexibility index (Phi) is 3.39. The number of halogens is 1. The van der Waals surface area contributed by atoms with E-state index in [2.05, 4.69) is 15.9 Å². The van der Waals surface area contributed by atoms with E-state index in [1.54, 1.807) is 0 Å². The smallest absolute Gasteiger partial charge is 0.148 e. The minimum absolute atomic E-state index is 0.744. The predicted molar refractivity (Wildman–Crippen MR) is 57.2 cm³/mol. The molecule has 1 aliphatic rings. The number of ether oxygens (including phenoxy) is 1. The summed E-state index contributed by atoms with van der Waals surface area (Å²) in [6, 6.07) is 7.84. The van der Waals surface area contributed by atoms with Crippen LogP contribution in [0.1, 0.15) is 0 Å². The molecule has 0 N–H and O–H groups in total. The molecule has 2 rings (SSSR count). The highest BCUT2D eigenvalue weighted by molar-refractivity contribution is 9.10. The monoisotopic (exact) mass is 257 g/mol. The quantitative estimate of drug-likeness (QED) is 0.810. The zero-order valence-corrected chi connectivity index (χ0v) is 9.37. The van der Waals surface area contributed by atoms with Crippen molar-refractivity contribution in [1.29, 1.82) is 0 Å². The zero-order chi connectivity index (χ0) is 9.80. The first kappa shape index (κ1) is 9.96. The number of morpholine rings is 1. The number of hydrogen-bond donors (Lipinski definition) is 0. The van der Waals surface area contributed by atoms with E-state index in [9.17, 15) is 0 Å². The second-order valence-corrected chi connectivity index (χ2v) is 4.01. The van der Waals surface area contributed by atoms with Gasteiger partial charge >= 0.3 is 0 Å². The molecule has 0 saturated carbocycles. The molecule has 0 spiro atoms. The Bertz CT molecular complexity index is 300. The Morgan fingerprint density at radius 3 is 2.79 bits per heavy atom. The van der Waals surface area contributed by atoms with Gasteiger partial charge in [-0.3, -0.25) is 0 Å². The first-order valence-electron chi connectivity index (χ1n) is 4.61. The van der Waals surface area contributed by atoms with Crippen LogP contribution in [0.4, 0.5) is 0 Å². The van der Waals surface area contributed by atoms with Gasteiger partial charge in [0.1, 0.15) is 5.75 Å². The Balaban J connectivity index is 1.95. The highest BCUT2D eigenvalue weighted by Gasteiger charge is 2.11. The Hall–Kier alpha value is -0.580. The van der Waals surface area contributed by atoms with Gasteiger partial charge in [-0.25, -0.2) is 0 Å². The molecule has 0 aromatic heterocycles. The van der Waals surface area contributed by atoms with Crippen LogP contribution in [0.3, 0.4) is 0 Å². The van der Waals surface area contributed by atoms with Crippen LogP contribution in [0.5, 0.6) is 5.75 Å². The van der Waals surface area contributed by atoms with Gasteiger partial charge in [-0.1, -0.05) is 22.0 Å². The minimum Gasteiger partial charge on any atom is -0.406 e. The van der Waals surface area contributed by atoms with E-state index in [1.165, 1.54) is 0 Å². The molecule has 1 fully saturated rings. The molecule has 76 valence electrons. The minimum atomic E-state index is 0.744. The van der Waals surface area contributed by atoms with Crippen molar-refractivity contribution in [3.63, 3.8) is 0 Å². The SMILES string of the molecule is Brc1cccc(ON2CCOCC2)c1. The van der Waals surface area contributed by atoms with Gasteiger partial charge in [-0.2, -0.15) is 0 Å². The number of benzene rings is 1. The highest BCUT2D eigenvalue weighted by Crippen LogP contribution is 2.18. The fourth-order valence-corrected chi connectivity index (χ4v) is 1.69. The Morgan fingerprint density at radius 2 is 2.07 bits per heavy atom. The molecule has 4 heteroatoms. The van der Waals surface area contributed by atoms with Gasteiger partial charge in [0, 0.05) is 4.47 Å². The summed E-state index contributed by atoms with van der Waals surface area (Å²) in [6.45, 7) is 3.14. The second kappa shape index (κ2) is 4.77. The molecule has 1 aromatic carbocycles. The van der Waals surface area contributed by atoms with Gasteiger partial charge in [-0.05, 0) is 18.2 Å². The first-order valence-corrected chi connectivity index (χ1v) is 5.40. The van der Waals surface area contributed by atoms with E-state index in [0.717, 1.165) is 36.5 Å².